The fourth-order valence-electron chi connectivity index (χ4n) is 4.68. The second-order valence-electron chi connectivity index (χ2n) is 7.10. The molecule has 1 heteroatoms. The van der Waals surface area contributed by atoms with Gasteiger partial charge in [0.15, 0.2) is 0 Å². The summed E-state index contributed by atoms with van der Waals surface area (Å²) in [6.45, 7) is 0. The van der Waals surface area contributed by atoms with Crippen LogP contribution in [0.1, 0.15) is 89.9 Å². The van der Waals surface area contributed by atoms with Crippen molar-refractivity contribution in [2.75, 3.05) is 6.16 Å². The molecule has 2 aliphatic rings. The first kappa shape index (κ1) is 15.8. The Labute approximate surface area is 123 Å². The molecule has 0 saturated heterocycles. The Morgan fingerprint density at radius 1 is 0.684 bits per heavy atom. The lowest BCUT2D eigenvalue weighted by atomic mass is 9.76. The fraction of sp³-hybridized carbons (Fsp3) is 1.00. The maximum absolute atomic E-state index is 2.86. The van der Waals surface area contributed by atoms with Gasteiger partial charge in [-0.25, -0.2) is 0 Å². The van der Waals surface area contributed by atoms with Crippen LogP contribution in [-0.2, 0) is 0 Å². The van der Waals surface area contributed by atoms with Gasteiger partial charge in [0, 0.05) is 0 Å². The van der Waals surface area contributed by atoms with Gasteiger partial charge in [-0.2, -0.15) is 0 Å². The van der Waals surface area contributed by atoms with Crippen molar-refractivity contribution < 1.29 is 0 Å². The fourth-order valence-corrected chi connectivity index (χ4v) is 4.97. The summed E-state index contributed by atoms with van der Waals surface area (Å²) in [6.07, 6.45) is 22.6. The van der Waals surface area contributed by atoms with Crippen molar-refractivity contribution in [1.29, 1.82) is 0 Å². The zero-order valence-electron chi connectivity index (χ0n) is 12.9. The molecule has 0 aromatic rings. The van der Waals surface area contributed by atoms with E-state index in [1.54, 1.807) is 32.1 Å². The maximum Gasteiger partial charge on any atom is -0.0357 e. The van der Waals surface area contributed by atoms with Gasteiger partial charge in [0.25, 0.3) is 0 Å². The average Bonchev–Trinajstić information content (AvgIpc) is 3.11. The van der Waals surface area contributed by atoms with Crippen LogP contribution in [0.3, 0.4) is 0 Å². The molecule has 0 aromatic heterocycles. The van der Waals surface area contributed by atoms with E-state index in [1.807, 2.05) is 0 Å². The minimum absolute atomic E-state index is 1.12. The monoisotopic (exact) mass is 282 g/mol. The molecule has 0 heterocycles. The van der Waals surface area contributed by atoms with Crippen molar-refractivity contribution in [2.45, 2.75) is 89.9 Å². The lowest BCUT2D eigenvalue weighted by molar-refractivity contribution is 0.210. The molecule has 2 aliphatic carbocycles. The molecule has 0 amide bonds. The van der Waals surface area contributed by atoms with Gasteiger partial charge in [-0.1, -0.05) is 77.0 Å². The first-order chi connectivity index (χ1) is 9.42. The molecular weight excluding hydrogens is 247 g/mol. The second kappa shape index (κ2) is 9.38. The predicted octanol–water partition coefficient (Wildman–Crippen LogP) is 6.20. The Morgan fingerprint density at radius 2 is 1.16 bits per heavy atom. The highest BCUT2D eigenvalue weighted by atomic mass is 31.0. The Kier molecular flexibility index (Phi) is 7.81. The minimum Gasteiger partial charge on any atom is -0.138 e. The standard InChI is InChI=1S/C18H35P/c19-15-9-3-1-2-4-14-18(16-10-5-6-11-16)17-12-7-8-13-17/h16-18H,1-15,19H2. The molecule has 0 nitrogen and oxygen atoms in total. The van der Waals surface area contributed by atoms with E-state index in [4.69, 9.17) is 0 Å². The van der Waals surface area contributed by atoms with Gasteiger partial charge < -0.3 is 0 Å². The third-order valence-electron chi connectivity index (χ3n) is 5.75. The van der Waals surface area contributed by atoms with Crippen molar-refractivity contribution in [2.24, 2.45) is 17.8 Å². The molecule has 1 atom stereocenters. The molecule has 0 N–H and O–H groups in total. The maximum atomic E-state index is 2.86. The quantitative estimate of drug-likeness (QED) is 0.349. The van der Waals surface area contributed by atoms with E-state index in [0.29, 0.717) is 0 Å². The molecule has 19 heavy (non-hydrogen) atoms. The SMILES string of the molecule is PCCCCCCCC(C1CCCC1)C1CCCC1. The highest BCUT2D eigenvalue weighted by Gasteiger charge is 2.32. The van der Waals surface area contributed by atoms with E-state index in [9.17, 15) is 0 Å². The molecule has 1 unspecified atom stereocenters. The predicted molar refractivity (Wildman–Crippen MR) is 89.7 cm³/mol. The van der Waals surface area contributed by atoms with Crippen LogP contribution in [0, 0.1) is 17.8 Å². The minimum atomic E-state index is 1.12. The van der Waals surface area contributed by atoms with Crippen molar-refractivity contribution in [3.8, 4) is 0 Å². The highest BCUT2D eigenvalue weighted by molar-refractivity contribution is 7.16. The lowest BCUT2D eigenvalue weighted by Crippen LogP contribution is -2.20. The van der Waals surface area contributed by atoms with Crippen LogP contribution >= 0.6 is 9.24 Å². The summed E-state index contributed by atoms with van der Waals surface area (Å²) in [7, 11) is 2.86. The van der Waals surface area contributed by atoms with Gasteiger partial charge in [0.1, 0.15) is 0 Å². The van der Waals surface area contributed by atoms with Crippen molar-refractivity contribution in [3.05, 3.63) is 0 Å². The van der Waals surface area contributed by atoms with Crippen LogP contribution in [0.4, 0.5) is 0 Å². The molecule has 2 saturated carbocycles. The van der Waals surface area contributed by atoms with Crippen LogP contribution in [0.2, 0.25) is 0 Å². The van der Waals surface area contributed by atoms with Crippen LogP contribution in [0.25, 0.3) is 0 Å². The highest BCUT2D eigenvalue weighted by Crippen LogP contribution is 2.43. The van der Waals surface area contributed by atoms with Crippen molar-refractivity contribution >= 4 is 9.24 Å². The number of unbranched alkanes of at least 4 members (excludes halogenated alkanes) is 4. The summed E-state index contributed by atoms with van der Waals surface area (Å²) >= 11 is 0. The Morgan fingerprint density at radius 3 is 1.68 bits per heavy atom. The van der Waals surface area contributed by atoms with E-state index in [0.717, 1.165) is 17.8 Å². The summed E-state index contributed by atoms with van der Waals surface area (Å²) < 4.78 is 0. The molecule has 0 bridgehead atoms. The van der Waals surface area contributed by atoms with E-state index in [2.05, 4.69) is 9.24 Å². The van der Waals surface area contributed by atoms with Crippen molar-refractivity contribution in [3.63, 3.8) is 0 Å². The molecule has 0 spiro atoms. The Balaban J connectivity index is 1.67. The van der Waals surface area contributed by atoms with E-state index in [1.165, 1.54) is 63.9 Å². The summed E-state index contributed by atoms with van der Waals surface area (Å²) in [6, 6.07) is 0. The van der Waals surface area contributed by atoms with Gasteiger partial charge >= 0.3 is 0 Å². The summed E-state index contributed by atoms with van der Waals surface area (Å²) in [5.74, 6) is 3.36. The third-order valence-corrected chi connectivity index (χ3v) is 6.16. The molecule has 2 rings (SSSR count). The number of hydrogen-bond donors (Lipinski definition) is 0. The van der Waals surface area contributed by atoms with Gasteiger partial charge in [-0.15, -0.1) is 9.24 Å². The van der Waals surface area contributed by atoms with Crippen LogP contribution < -0.4 is 0 Å². The van der Waals surface area contributed by atoms with Gasteiger partial charge in [0.05, 0.1) is 0 Å². The first-order valence-electron chi connectivity index (χ1n) is 9.12. The molecule has 112 valence electrons. The number of rotatable bonds is 9. The van der Waals surface area contributed by atoms with Gasteiger partial charge in [-0.3, -0.25) is 0 Å². The largest absolute Gasteiger partial charge is 0.138 e. The summed E-state index contributed by atoms with van der Waals surface area (Å²) in [5, 5.41) is 0. The van der Waals surface area contributed by atoms with Gasteiger partial charge in [0.2, 0.25) is 0 Å². The summed E-state index contributed by atoms with van der Waals surface area (Å²) in [5.41, 5.74) is 0. The zero-order valence-corrected chi connectivity index (χ0v) is 14.1. The zero-order chi connectivity index (χ0) is 13.3. The van der Waals surface area contributed by atoms with E-state index >= 15 is 0 Å². The Bertz CT molecular complexity index is 198. The second-order valence-corrected chi connectivity index (χ2v) is 7.68. The van der Waals surface area contributed by atoms with Gasteiger partial charge in [-0.05, 0) is 36.8 Å². The Hall–Kier alpha value is 0.430. The third kappa shape index (κ3) is 5.37. The number of hydrogen-bond acceptors (Lipinski definition) is 0. The summed E-state index contributed by atoms with van der Waals surface area (Å²) in [4.78, 5) is 0. The topological polar surface area (TPSA) is 0 Å². The molecule has 2 fully saturated rings. The van der Waals surface area contributed by atoms with E-state index in [-0.39, 0.29) is 0 Å². The molecule has 0 aliphatic heterocycles. The van der Waals surface area contributed by atoms with Crippen molar-refractivity contribution in [1.82, 2.24) is 0 Å². The smallest absolute Gasteiger partial charge is 0.0357 e. The molecule has 0 aromatic carbocycles. The normalized spacial score (nSPS) is 21.8. The van der Waals surface area contributed by atoms with Crippen LogP contribution in [0.15, 0.2) is 0 Å². The van der Waals surface area contributed by atoms with Crippen LogP contribution in [-0.4, -0.2) is 6.16 Å². The van der Waals surface area contributed by atoms with E-state index < -0.39 is 0 Å². The molecule has 0 radical (unpaired) electrons. The average molecular weight is 282 g/mol. The molecular formula is C18H35P. The van der Waals surface area contributed by atoms with Crippen LogP contribution in [0.5, 0.6) is 0 Å². The lowest BCUT2D eigenvalue weighted by Gasteiger charge is -2.29. The first-order valence-corrected chi connectivity index (χ1v) is 9.93.